The summed E-state index contributed by atoms with van der Waals surface area (Å²) >= 11 is 6.01. The first-order chi connectivity index (χ1) is 9.16. The molecule has 3 nitrogen and oxygen atoms in total. The lowest BCUT2D eigenvalue weighted by molar-refractivity contribution is 0.0943. The highest BCUT2D eigenvalue weighted by atomic mass is 35.5. The van der Waals surface area contributed by atoms with Crippen molar-refractivity contribution in [2.75, 3.05) is 13.6 Å². The third kappa shape index (κ3) is 3.88. The van der Waals surface area contributed by atoms with Crippen LogP contribution in [0.3, 0.4) is 0 Å². The molecule has 1 aromatic heterocycles. The Hall–Kier alpha value is -1.71. The first-order valence-corrected chi connectivity index (χ1v) is 6.40. The average Bonchev–Trinajstić information content (AvgIpc) is 2.40. The number of nitrogens with zero attached hydrogens (tertiary/aromatic N) is 2. The number of halogens is 1. The summed E-state index contributed by atoms with van der Waals surface area (Å²) in [5.41, 5.74) is 1.65. The maximum Gasteiger partial charge on any atom is 0.178 e. The molecule has 19 heavy (non-hydrogen) atoms. The predicted molar refractivity (Wildman–Crippen MR) is 76.4 cm³/mol. The number of pyridine rings is 1. The number of carbonyl (C=O) groups is 1. The van der Waals surface area contributed by atoms with Crippen molar-refractivity contribution >= 4 is 17.4 Å². The number of benzene rings is 1. The van der Waals surface area contributed by atoms with E-state index in [-0.39, 0.29) is 5.78 Å². The highest BCUT2D eigenvalue weighted by Crippen LogP contribution is 2.16. The minimum Gasteiger partial charge on any atom is -0.295 e. The van der Waals surface area contributed by atoms with Crippen LogP contribution in [0.4, 0.5) is 0 Å². The van der Waals surface area contributed by atoms with E-state index in [0.717, 1.165) is 5.56 Å². The Bertz CT molecular complexity index is 557. The Morgan fingerprint density at radius 3 is 2.74 bits per heavy atom. The van der Waals surface area contributed by atoms with E-state index in [9.17, 15) is 4.79 Å². The predicted octanol–water partition coefficient (Wildman–Crippen LogP) is 3.05. The number of hydrogen-bond acceptors (Lipinski definition) is 3. The van der Waals surface area contributed by atoms with Crippen LogP contribution in [0.5, 0.6) is 0 Å². The van der Waals surface area contributed by atoms with Crippen molar-refractivity contribution in [3.8, 4) is 0 Å². The lowest BCUT2D eigenvalue weighted by Gasteiger charge is -2.15. The molecule has 0 N–H and O–H groups in total. The van der Waals surface area contributed by atoms with E-state index in [4.69, 9.17) is 11.6 Å². The number of aromatic nitrogens is 1. The van der Waals surface area contributed by atoms with Crippen LogP contribution in [-0.2, 0) is 6.54 Å². The summed E-state index contributed by atoms with van der Waals surface area (Å²) in [7, 11) is 1.90. The molecule has 0 bridgehead atoms. The average molecular weight is 275 g/mol. The number of rotatable bonds is 5. The fraction of sp³-hybridized carbons (Fsp3) is 0.200. The fourth-order valence-corrected chi connectivity index (χ4v) is 2.12. The van der Waals surface area contributed by atoms with Crippen molar-refractivity contribution in [1.82, 2.24) is 9.88 Å². The molecule has 0 saturated carbocycles. The Morgan fingerprint density at radius 2 is 2.05 bits per heavy atom. The van der Waals surface area contributed by atoms with E-state index in [1.54, 1.807) is 24.5 Å². The Kier molecular flexibility index (Phi) is 4.66. The topological polar surface area (TPSA) is 33.2 Å². The minimum atomic E-state index is 0.0250. The molecule has 0 spiro atoms. The van der Waals surface area contributed by atoms with Crippen LogP contribution >= 0.6 is 11.6 Å². The van der Waals surface area contributed by atoms with Crippen LogP contribution in [0.15, 0.2) is 48.8 Å². The minimum absolute atomic E-state index is 0.0250. The summed E-state index contributed by atoms with van der Waals surface area (Å²) < 4.78 is 0. The molecule has 0 radical (unpaired) electrons. The molecular weight excluding hydrogens is 260 g/mol. The lowest BCUT2D eigenvalue weighted by atomic mass is 10.1. The molecule has 98 valence electrons. The van der Waals surface area contributed by atoms with Crippen molar-refractivity contribution < 1.29 is 4.79 Å². The smallest absolute Gasteiger partial charge is 0.178 e. The molecule has 0 unspecified atom stereocenters. The molecule has 4 heteroatoms. The molecule has 0 aliphatic rings. The molecular formula is C15H15ClN2O. The highest BCUT2D eigenvalue weighted by molar-refractivity contribution is 6.34. The molecule has 0 saturated heterocycles. The van der Waals surface area contributed by atoms with E-state index < -0.39 is 0 Å². The standard InChI is InChI=1S/C15H15ClN2O/c1-18(10-12-5-4-8-17-9-12)11-15(19)13-6-2-3-7-14(13)16/h2-9H,10-11H2,1H3. The van der Waals surface area contributed by atoms with Gasteiger partial charge in [0.1, 0.15) is 0 Å². The van der Waals surface area contributed by atoms with Crippen LogP contribution < -0.4 is 0 Å². The summed E-state index contributed by atoms with van der Waals surface area (Å²) in [6.07, 6.45) is 3.54. The van der Waals surface area contributed by atoms with Crippen molar-refractivity contribution in [3.05, 3.63) is 64.9 Å². The van der Waals surface area contributed by atoms with Gasteiger partial charge in [-0.2, -0.15) is 0 Å². The van der Waals surface area contributed by atoms with E-state index in [1.807, 2.05) is 36.2 Å². The van der Waals surface area contributed by atoms with Gasteiger partial charge in [0.2, 0.25) is 0 Å². The summed E-state index contributed by atoms with van der Waals surface area (Å²) in [6.45, 7) is 1.02. The third-order valence-electron chi connectivity index (χ3n) is 2.76. The van der Waals surface area contributed by atoms with Gasteiger partial charge in [0.05, 0.1) is 11.6 Å². The Balaban J connectivity index is 1.98. The molecule has 0 fully saturated rings. The first-order valence-electron chi connectivity index (χ1n) is 6.02. The summed E-state index contributed by atoms with van der Waals surface area (Å²) in [4.78, 5) is 18.1. The van der Waals surface area contributed by atoms with Crippen molar-refractivity contribution in [2.45, 2.75) is 6.54 Å². The first kappa shape index (κ1) is 13.7. The second kappa shape index (κ2) is 6.45. The molecule has 1 aromatic carbocycles. The van der Waals surface area contributed by atoms with Gasteiger partial charge in [0.15, 0.2) is 5.78 Å². The van der Waals surface area contributed by atoms with Gasteiger partial charge in [-0.15, -0.1) is 0 Å². The Morgan fingerprint density at radius 1 is 1.26 bits per heavy atom. The van der Waals surface area contributed by atoms with Crippen LogP contribution in [0.2, 0.25) is 5.02 Å². The second-order valence-electron chi connectivity index (χ2n) is 4.44. The largest absolute Gasteiger partial charge is 0.295 e. The van der Waals surface area contributed by atoms with Gasteiger partial charge in [0.25, 0.3) is 0 Å². The van der Waals surface area contributed by atoms with Gasteiger partial charge in [-0.1, -0.05) is 29.8 Å². The summed E-state index contributed by atoms with van der Waals surface area (Å²) in [6, 6.07) is 11.0. The SMILES string of the molecule is CN(CC(=O)c1ccccc1Cl)Cc1cccnc1. The van der Waals surface area contributed by atoms with Gasteiger partial charge in [-0.25, -0.2) is 0 Å². The van der Waals surface area contributed by atoms with Crippen molar-refractivity contribution in [3.63, 3.8) is 0 Å². The van der Waals surface area contributed by atoms with Crippen LogP contribution in [-0.4, -0.2) is 29.3 Å². The molecule has 1 heterocycles. The quantitative estimate of drug-likeness (QED) is 0.786. The second-order valence-corrected chi connectivity index (χ2v) is 4.84. The van der Waals surface area contributed by atoms with Gasteiger partial charge in [0, 0.05) is 24.5 Å². The van der Waals surface area contributed by atoms with Gasteiger partial charge < -0.3 is 0 Å². The lowest BCUT2D eigenvalue weighted by Crippen LogP contribution is -2.25. The number of likely N-dealkylation sites (N-methyl/N-ethyl adjacent to an activating group) is 1. The highest BCUT2D eigenvalue weighted by Gasteiger charge is 2.12. The number of hydrogen-bond donors (Lipinski definition) is 0. The Labute approximate surface area is 117 Å². The normalized spacial score (nSPS) is 10.7. The maximum atomic E-state index is 12.1. The zero-order chi connectivity index (χ0) is 13.7. The molecule has 0 amide bonds. The number of carbonyl (C=O) groups excluding carboxylic acids is 1. The number of ketones is 1. The molecule has 2 rings (SSSR count). The summed E-state index contributed by atoms with van der Waals surface area (Å²) in [5, 5.41) is 0.502. The molecule has 2 aromatic rings. The zero-order valence-corrected chi connectivity index (χ0v) is 11.5. The fourth-order valence-electron chi connectivity index (χ4n) is 1.88. The number of Topliss-reactive ketones (excluding diaryl/α,β-unsaturated/α-hetero) is 1. The van der Waals surface area contributed by atoms with Crippen LogP contribution in [0.1, 0.15) is 15.9 Å². The maximum absolute atomic E-state index is 12.1. The molecule has 0 aliphatic heterocycles. The zero-order valence-electron chi connectivity index (χ0n) is 10.7. The van der Waals surface area contributed by atoms with Gasteiger partial charge >= 0.3 is 0 Å². The summed E-state index contributed by atoms with van der Waals surface area (Å²) in [5.74, 6) is 0.0250. The van der Waals surface area contributed by atoms with Crippen molar-refractivity contribution in [1.29, 1.82) is 0 Å². The van der Waals surface area contributed by atoms with Crippen LogP contribution in [0.25, 0.3) is 0 Å². The van der Waals surface area contributed by atoms with E-state index in [0.29, 0.717) is 23.7 Å². The van der Waals surface area contributed by atoms with Gasteiger partial charge in [-0.05, 0) is 30.8 Å². The molecule has 0 atom stereocenters. The van der Waals surface area contributed by atoms with E-state index >= 15 is 0 Å². The monoisotopic (exact) mass is 274 g/mol. The van der Waals surface area contributed by atoms with Gasteiger partial charge in [-0.3, -0.25) is 14.7 Å². The van der Waals surface area contributed by atoms with E-state index in [1.165, 1.54) is 0 Å². The van der Waals surface area contributed by atoms with Crippen molar-refractivity contribution in [2.24, 2.45) is 0 Å². The third-order valence-corrected chi connectivity index (χ3v) is 3.09. The van der Waals surface area contributed by atoms with Crippen LogP contribution in [0, 0.1) is 0 Å². The van der Waals surface area contributed by atoms with E-state index in [2.05, 4.69) is 4.98 Å². The molecule has 0 aliphatic carbocycles.